The van der Waals surface area contributed by atoms with Gasteiger partial charge in [0.1, 0.15) is 0 Å². The summed E-state index contributed by atoms with van der Waals surface area (Å²) in [7, 11) is 0. The van der Waals surface area contributed by atoms with E-state index in [2.05, 4.69) is 52.4 Å². The predicted octanol–water partition coefficient (Wildman–Crippen LogP) is 3.46. The molecular weight excluding hydrogens is 382 g/mol. The number of nitrogens with zero attached hydrogens (tertiary/aromatic N) is 2. The number of fused-ring (bicyclic) bond motifs is 3. The third kappa shape index (κ3) is 3.81. The molecule has 4 aliphatic heterocycles. The summed E-state index contributed by atoms with van der Waals surface area (Å²) in [5, 5.41) is 3.34. The Balaban J connectivity index is 1.26. The predicted molar refractivity (Wildman–Crippen MR) is 118 cm³/mol. The second-order valence-electron chi connectivity index (χ2n) is 8.42. The van der Waals surface area contributed by atoms with E-state index in [0.29, 0.717) is 12.0 Å². The fourth-order valence-corrected chi connectivity index (χ4v) is 5.96. The van der Waals surface area contributed by atoms with Crippen LogP contribution in [-0.2, 0) is 4.74 Å². The number of carbonyl (C=O) groups excluding carboxylic acids is 1. The maximum Gasteiger partial charge on any atom is 0.261 e. The Morgan fingerprint density at radius 1 is 1.03 bits per heavy atom. The molecule has 154 valence electrons. The molecule has 6 heteroatoms. The molecule has 1 N–H and O–H groups in total. The van der Waals surface area contributed by atoms with Crippen LogP contribution in [0.1, 0.15) is 29.4 Å². The summed E-state index contributed by atoms with van der Waals surface area (Å²) in [6, 6.07) is 13.4. The van der Waals surface area contributed by atoms with Gasteiger partial charge in [-0.3, -0.25) is 9.69 Å². The number of morpholine rings is 1. The minimum Gasteiger partial charge on any atom is -0.378 e. The molecule has 2 atom stereocenters. The van der Waals surface area contributed by atoms with Gasteiger partial charge >= 0.3 is 0 Å². The van der Waals surface area contributed by atoms with E-state index >= 15 is 0 Å². The number of rotatable bonds is 4. The average Bonchev–Trinajstić information content (AvgIpc) is 3.28. The van der Waals surface area contributed by atoms with E-state index < -0.39 is 0 Å². The lowest BCUT2D eigenvalue weighted by Crippen LogP contribution is -2.62. The summed E-state index contributed by atoms with van der Waals surface area (Å²) < 4.78 is 5.44. The van der Waals surface area contributed by atoms with E-state index in [9.17, 15) is 4.79 Å². The number of hydrogen-bond donors (Lipinski definition) is 1. The molecule has 6 rings (SSSR count). The molecule has 4 aliphatic rings. The molecule has 5 heterocycles. The number of nitrogens with one attached hydrogen (secondary N) is 1. The Kier molecular flexibility index (Phi) is 5.33. The third-order valence-electron chi connectivity index (χ3n) is 6.83. The topological polar surface area (TPSA) is 44.8 Å². The first-order valence-electron chi connectivity index (χ1n) is 10.8. The van der Waals surface area contributed by atoms with Gasteiger partial charge in [-0.05, 0) is 68.6 Å². The van der Waals surface area contributed by atoms with Crippen molar-refractivity contribution in [2.24, 2.45) is 5.92 Å². The third-order valence-corrected chi connectivity index (χ3v) is 7.97. The molecule has 0 saturated carbocycles. The van der Waals surface area contributed by atoms with Crippen molar-refractivity contribution in [2.75, 3.05) is 44.3 Å². The van der Waals surface area contributed by atoms with Crippen LogP contribution in [0.15, 0.2) is 36.4 Å². The van der Waals surface area contributed by atoms with Gasteiger partial charge in [-0.2, -0.15) is 0 Å². The fraction of sp³-hybridized carbons (Fsp3) is 0.522. The molecule has 0 radical (unpaired) electrons. The highest BCUT2D eigenvalue weighted by atomic mass is 32.1. The summed E-state index contributed by atoms with van der Waals surface area (Å²) in [5.74, 6) is 0.711. The molecule has 5 nitrogen and oxygen atoms in total. The minimum absolute atomic E-state index is 0.0804. The minimum atomic E-state index is 0.0804. The quantitative estimate of drug-likeness (QED) is 0.837. The van der Waals surface area contributed by atoms with Crippen LogP contribution < -0.4 is 10.2 Å². The van der Waals surface area contributed by atoms with Gasteiger partial charge in [0.05, 0.1) is 18.1 Å². The van der Waals surface area contributed by atoms with Crippen LogP contribution in [0, 0.1) is 5.92 Å². The number of carbonyl (C=O) groups is 1. The Morgan fingerprint density at radius 3 is 2.45 bits per heavy atom. The molecule has 2 aromatic rings. The highest BCUT2D eigenvalue weighted by Gasteiger charge is 2.40. The van der Waals surface area contributed by atoms with Crippen LogP contribution in [0.4, 0.5) is 5.69 Å². The van der Waals surface area contributed by atoms with Crippen molar-refractivity contribution >= 4 is 22.9 Å². The van der Waals surface area contributed by atoms with Crippen molar-refractivity contribution < 1.29 is 9.53 Å². The van der Waals surface area contributed by atoms with Crippen LogP contribution in [0.3, 0.4) is 0 Å². The Hall–Kier alpha value is -1.89. The Morgan fingerprint density at radius 2 is 1.76 bits per heavy atom. The molecule has 0 spiro atoms. The summed E-state index contributed by atoms with van der Waals surface area (Å²) in [4.78, 5) is 19.7. The van der Waals surface area contributed by atoms with Crippen LogP contribution in [-0.4, -0.2) is 62.3 Å². The van der Waals surface area contributed by atoms with Crippen LogP contribution >= 0.6 is 11.3 Å². The monoisotopic (exact) mass is 411 g/mol. The van der Waals surface area contributed by atoms with Gasteiger partial charge in [-0.15, -0.1) is 11.3 Å². The lowest BCUT2D eigenvalue weighted by Gasteiger charge is -2.49. The number of ether oxygens (including phenoxy) is 1. The number of anilines is 1. The van der Waals surface area contributed by atoms with Gasteiger partial charge in [-0.1, -0.05) is 12.1 Å². The normalized spacial score (nSPS) is 29.1. The molecule has 2 bridgehead atoms. The van der Waals surface area contributed by atoms with E-state index in [1.54, 1.807) is 11.3 Å². The zero-order chi connectivity index (χ0) is 19.8. The van der Waals surface area contributed by atoms with E-state index in [1.807, 2.05) is 6.07 Å². The van der Waals surface area contributed by atoms with Crippen molar-refractivity contribution in [3.63, 3.8) is 0 Å². The first-order valence-corrected chi connectivity index (χ1v) is 11.6. The highest BCUT2D eigenvalue weighted by molar-refractivity contribution is 7.17. The molecule has 1 amide bonds. The van der Waals surface area contributed by atoms with Crippen molar-refractivity contribution in [3.8, 4) is 10.4 Å². The van der Waals surface area contributed by atoms with Gasteiger partial charge in [0.15, 0.2) is 0 Å². The van der Waals surface area contributed by atoms with Crippen LogP contribution in [0.25, 0.3) is 10.4 Å². The molecule has 0 aliphatic carbocycles. The highest BCUT2D eigenvalue weighted by Crippen LogP contribution is 2.33. The lowest BCUT2D eigenvalue weighted by atomic mass is 9.79. The van der Waals surface area contributed by atoms with E-state index in [-0.39, 0.29) is 11.9 Å². The molecule has 4 fully saturated rings. The number of thiophene rings is 1. The smallest absolute Gasteiger partial charge is 0.261 e. The zero-order valence-corrected chi connectivity index (χ0v) is 17.8. The van der Waals surface area contributed by atoms with Crippen molar-refractivity contribution in [2.45, 2.75) is 31.8 Å². The van der Waals surface area contributed by atoms with Crippen molar-refractivity contribution in [1.82, 2.24) is 10.2 Å². The average molecular weight is 412 g/mol. The molecular formula is C23H29N3O2S. The summed E-state index contributed by atoms with van der Waals surface area (Å²) in [5.41, 5.74) is 2.41. The zero-order valence-electron chi connectivity index (χ0n) is 17.0. The molecule has 1 aromatic carbocycles. The largest absolute Gasteiger partial charge is 0.378 e. The Labute approximate surface area is 176 Å². The number of benzene rings is 1. The van der Waals surface area contributed by atoms with Crippen LogP contribution in [0.5, 0.6) is 0 Å². The maximum atomic E-state index is 12.9. The molecule has 2 unspecified atom stereocenters. The number of amides is 1. The molecule has 29 heavy (non-hydrogen) atoms. The number of hydrogen-bond acceptors (Lipinski definition) is 5. The first kappa shape index (κ1) is 19.1. The van der Waals surface area contributed by atoms with Crippen molar-refractivity contribution in [1.29, 1.82) is 0 Å². The van der Waals surface area contributed by atoms with Gasteiger partial charge in [0.2, 0.25) is 0 Å². The standard InChI is InChI=1S/C23H29N3O2S/c1-16-22(18-8-10-25(16)11-9-18)24-23(27)21-7-6-20(29-21)17-2-4-19(5-3-17)26-12-14-28-15-13-26/h2-7,16,18,22H,8-15H2,1H3,(H,24,27). The van der Waals surface area contributed by atoms with Gasteiger partial charge in [0, 0.05) is 35.7 Å². The van der Waals surface area contributed by atoms with E-state index in [4.69, 9.17) is 4.74 Å². The van der Waals surface area contributed by atoms with Gasteiger partial charge in [-0.25, -0.2) is 0 Å². The van der Waals surface area contributed by atoms with Crippen molar-refractivity contribution in [3.05, 3.63) is 41.3 Å². The molecule has 1 aromatic heterocycles. The summed E-state index contributed by atoms with van der Waals surface area (Å²) >= 11 is 1.59. The SMILES string of the molecule is CC1C(NC(=O)c2ccc(-c3ccc(N4CCOCC4)cc3)s2)C2CCN1CC2. The van der Waals surface area contributed by atoms with Crippen LogP contribution in [0.2, 0.25) is 0 Å². The Bertz CT molecular complexity index is 849. The van der Waals surface area contributed by atoms with E-state index in [0.717, 1.165) is 36.1 Å². The maximum absolute atomic E-state index is 12.9. The van der Waals surface area contributed by atoms with Gasteiger partial charge in [0.25, 0.3) is 5.91 Å². The fourth-order valence-electron chi connectivity index (χ4n) is 5.04. The van der Waals surface area contributed by atoms with E-state index in [1.165, 1.54) is 37.2 Å². The summed E-state index contributed by atoms with van der Waals surface area (Å²) in [6.07, 6.45) is 2.42. The molecule has 4 saturated heterocycles. The number of piperidine rings is 3. The lowest BCUT2D eigenvalue weighted by molar-refractivity contribution is 0.0218. The van der Waals surface area contributed by atoms with Gasteiger partial charge < -0.3 is 15.0 Å². The summed E-state index contributed by atoms with van der Waals surface area (Å²) in [6.45, 7) is 8.10. The second kappa shape index (κ2) is 8.09. The first-order chi connectivity index (χ1) is 14.2. The second-order valence-corrected chi connectivity index (χ2v) is 9.51.